The molecule has 1 heterocycles. The third-order valence-corrected chi connectivity index (χ3v) is 6.30. The molecule has 0 saturated heterocycles. The molecule has 2 aromatic rings. The van der Waals surface area contributed by atoms with Crippen molar-refractivity contribution in [2.24, 2.45) is 0 Å². The van der Waals surface area contributed by atoms with E-state index in [1.807, 2.05) is 20.9 Å². The molecule has 0 N–H and O–H groups in total. The Balaban J connectivity index is 1.59. The number of rotatable bonds is 9. The van der Waals surface area contributed by atoms with E-state index in [9.17, 15) is 4.79 Å². The summed E-state index contributed by atoms with van der Waals surface area (Å²) >= 11 is 0. The van der Waals surface area contributed by atoms with Crippen LogP contribution in [0.15, 0.2) is 22.7 Å². The van der Waals surface area contributed by atoms with Crippen molar-refractivity contribution in [1.29, 1.82) is 0 Å². The third kappa shape index (κ3) is 5.79. The summed E-state index contributed by atoms with van der Waals surface area (Å²) in [5, 5.41) is 3.95. The summed E-state index contributed by atoms with van der Waals surface area (Å²) in [5.41, 5.74) is 2.32. The van der Waals surface area contributed by atoms with Crippen LogP contribution in [0.5, 0.6) is 11.5 Å². The Kier molecular flexibility index (Phi) is 7.96. The van der Waals surface area contributed by atoms with Crippen molar-refractivity contribution in [3.05, 3.63) is 40.8 Å². The van der Waals surface area contributed by atoms with Gasteiger partial charge in [-0.1, -0.05) is 24.4 Å². The van der Waals surface area contributed by atoms with Gasteiger partial charge in [0.2, 0.25) is 0 Å². The number of aromatic nitrogens is 1. The number of carbonyl (C=O) groups is 1. The molecule has 0 atom stereocenters. The van der Waals surface area contributed by atoms with Crippen molar-refractivity contribution in [3.8, 4) is 11.5 Å². The minimum Gasteiger partial charge on any atom is -0.493 e. The maximum atomic E-state index is 12.9. The molecule has 0 bridgehead atoms. The summed E-state index contributed by atoms with van der Waals surface area (Å²) in [6.45, 7) is 5.65. The SMILES string of the molecule is COc1cc(C(=O)N(C)CCN(C)C2CCCCC2)ccc1OCc1c(C)noc1C. The molecule has 31 heavy (non-hydrogen) atoms. The second-order valence-corrected chi connectivity index (χ2v) is 8.46. The number of hydrogen-bond donors (Lipinski definition) is 0. The molecule has 0 aliphatic heterocycles. The van der Waals surface area contributed by atoms with Gasteiger partial charge in [0.15, 0.2) is 11.5 Å². The molecule has 170 valence electrons. The summed E-state index contributed by atoms with van der Waals surface area (Å²) in [6, 6.07) is 5.96. The predicted octanol–water partition coefficient (Wildman–Crippen LogP) is 4.22. The van der Waals surface area contributed by atoms with Gasteiger partial charge >= 0.3 is 0 Å². The molecule has 0 radical (unpaired) electrons. The van der Waals surface area contributed by atoms with E-state index in [-0.39, 0.29) is 5.91 Å². The molecule has 1 fully saturated rings. The first kappa shape index (κ1) is 23.1. The lowest BCUT2D eigenvalue weighted by atomic mass is 9.94. The third-order valence-electron chi connectivity index (χ3n) is 6.30. The zero-order valence-corrected chi connectivity index (χ0v) is 19.4. The van der Waals surface area contributed by atoms with E-state index in [1.54, 1.807) is 30.2 Å². The maximum Gasteiger partial charge on any atom is 0.253 e. The van der Waals surface area contributed by atoms with Crippen molar-refractivity contribution < 1.29 is 18.8 Å². The lowest BCUT2D eigenvalue weighted by Gasteiger charge is -2.32. The van der Waals surface area contributed by atoms with Gasteiger partial charge in [-0.25, -0.2) is 0 Å². The smallest absolute Gasteiger partial charge is 0.253 e. The first-order valence-electron chi connectivity index (χ1n) is 11.1. The van der Waals surface area contributed by atoms with Gasteiger partial charge in [0.1, 0.15) is 12.4 Å². The van der Waals surface area contributed by atoms with Crippen molar-refractivity contribution in [3.63, 3.8) is 0 Å². The van der Waals surface area contributed by atoms with E-state index in [2.05, 4.69) is 17.1 Å². The van der Waals surface area contributed by atoms with E-state index >= 15 is 0 Å². The number of carbonyl (C=O) groups excluding carboxylic acids is 1. The Morgan fingerprint density at radius 2 is 1.87 bits per heavy atom. The van der Waals surface area contributed by atoms with Gasteiger partial charge in [-0.15, -0.1) is 0 Å². The van der Waals surface area contributed by atoms with E-state index in [4.69, 9.17) is 14.0 Å². The standard InChI is InChI=1S/C24H35N3O4/c1-17-21(18(2)31-25-17)16-30-22-12-11-19(15-23(22)29-5)24(28)27(4)14-13-26(3)20-9-7-6-8-10-20/h11-12,15,20H,6-10,13-14,16H2,1-5H3. The molecule has 1 amide bonds. The van der Waals surface area contributed by atoms with Crippen LogP contribution < -0.4 is 9.47 Å². The number of likely N-dealkylation sites (N-methyl/N-ethyl adjacent to an activating group) is 2. The van der Waals surface area contributed by atoms with Crippen LogP contribution in [0, 0.1) is 13.8 Å². The van der Waals surface area contributed by atoms with Crippen LogP contribution in [0.1, 0.15) is 59.5 Å². The highest BCUT2D eigenvalue weighted by Gasteiger charge is 2.20. The maximum absolute atomic E-state index is 12.9. The number of aryl methyl sites for hydroxylation is 2. The average Bonchev–Trinajstić information content (AvgIpc) is 3.12. The van der Waals surface area contributed by atoms with Crippen LogP contribution in [0.3, 0.4) is 0 Å². The zero-order valence-electron chi connectivity index (χ0n) is 19.4. The Bertz CT molecular complexity index is 854. The molecule has 1 aromatic heterocycles. The number of ether oxygens (including phenoxy) is 2. The van der Waals surface area contributed by atoms with E-state index in [1.165, 1.54) is 32.1 Å². The molecular formula is C24H35N3O4. The topological polar surface area (TPSA) is 68.0 Å². The van der Waals surface area contributed by atoms with Gasteiger partial charge in [-0.05, 0) is 51.9 Å². The van der Waals surface area contributed by atoms with Gasteiger partial charge in [-0.3, -0.25) is 4.79 Å². The quantitative estimate of drug-likeness (QED) is 0.595. The van der Waals surface area contributed by atoms with Crippen molar-refractivity contribution in [2.75, 3.05) is 34.3 Å². The summed E-state index contributed by atoms with van der Waals surface area (Å²) < 4.78 is 16.6. The van der Waals surface area contributed by atoms with Crippen LogP contribution in [0.2, 0.25) is 0 Å². The van der Waals surface area contributed by atoms with Crippen LogP contribution in [-0.4, -0.2) is 61.2 Å². The van der Waals surface area contributed by atoms with Crippen molar-refractivity contribution in [2.45, 2.75) is 58.6 Å². The Labute approximate surface area is 185 Å². The van der Waals surface area contributed by atoms with Crippen molar-refractivity contribution in [1.82, 2.24) is 15.0 Å². The number of benzene rings is 1. The summed E-state index contributed by atoms with van der Waals surface area (Å²) in [6.07, 6.45) is 6.51. The van der Waals surface area contributed by atoms with Gasteiger partial charge in [-0.2, -0.15) is 0 Å². The van der Waals surface area contributed by atoms with Crippen LogP contribution in [0.25, 0.3) is 0 Å². The molecule has 3 rings (SSSR count). The van der Waals surface area contributed by atoms with Gasteiger partial charge in [0.05, 0.1) is 18.4 Å². The molecular weight excluding hydrogens is 394 g/mol. The molecule has 7 nitrogen and oxygen atoms in total. The zero-order chi connectivity index (χ0) is 22.4. The Morgan fingerprint density at radius 3 is 2.52 bits per heavy atom. The van der Waals surface area contributed by atoms with Gasteiger partial charge in [0.25, 0.3) is 5.91 Å². The average molecular weight is 430 g/mol. The summed E-state index contributed by atoms with van der Waals surface area (Å²) in [5.74, 6) is 1.83. The second-order valence-electron chi connectivity index (χ2n) is 8.46. The number of nitrogens with zero attached hydrogens (tertiary/aromatic N) is 3. The molecule has 1 saturated carbocycles. The number of hydrogen-bond acceptors (Lipinski definition) is 6. The number of amides is 1. The van der Waals surface area contributed by atoms with E-state index in [0.29, 0.717) is 36.3 Å². The number of methoxy groups -OCH3 is 1. The molecule has 7 heteroatoms. The highest BCUT2D eigenvalue weighted by molar-refractivity contribution is 5.94. The second kappa shape index (κ2) is 10.7. The van der Waals surface area contributed by atoms with E-state index in [0.717, 1.165) is 23.6 Å². The molecule has 0 unspecified atom stereocenters. The first-order chi connectivity index (χ1) is 14.9. The lowest BCUT2D eigenvalue weighted by Crippen LogP contribution is -2.40. The minimum absolute atomic E-state index is 0.0207. The fourth-order valence-electron chi connectivity index (χ4n) is 4.11. The molecule has 1 aliphatic carbocycles. The minimum atomic E-state index is -0.0207. The highest BCUT2D eigenvalue weighted by atomic mass is 16.5. The highest BCUT2D eigenvalue weighted by Crippen LogP contribution is 2.30. The first-order valence-corrected chi connectivity index (χ1v) is 11.1. The van der Waals surface area contributed by atoms with Crippen LogP contribution in [0.4, 0.5) is 0 Å². The molecule has 0 spiro atoms. The Morgan fingerprint density at radius 1 is 1.13 bits per heavy atom. The van der Waals surface area contributed by atoms with Gasteiger partial charge in [0, 0.05) is 31.7 Å². The fourth-order valence-corrected chi connectivity index (χ4v) is 4.11. The largest absolute Gasteiger partial charge is 0.493 e. The molecule has 1 aliphatic rings. The summed E-state index contributed by atoms with van der Waals surface area (Å²) in [4.78, 5) is 17.1. The van der Waals surface area contributed by atoms with Crippen LogP contribution in [-0.2, 0) is 6.61 Å². The molecule has 1 aromatic carbocycles. The lowest BCUT2D eigenvalue weighted by molar-refractivity contribution is 0.0767. The normalized spacial score (nSPS) is 14.6. The monoisotopic (exact) mass is 429 g/mol. The van der Waals surface area contributed by atoms with Crippen LogP contribution >= 0.6 is 0 Å². The summed E-state index contributed by atoms with van der Waals surface area (Å²) in [7, 11) is 5.60. The van der Waals surface area contributed by atoms with E-state index < -0.39 is 0 Å². The fraction of sp³-hybridized carbons (Fsp3) is 0.583. The van der Waals surface area contributed by atoms with Gasteiger partial charge < -0.3 is 23.8 Å². The predicted molar refractivity (Wildman–Crippen MR) is 120 cm³/mol. The Hall–Kier alpha value is -2.54. The van der Waals surface area contributed by atoms with Crippen molar-refractivity contribution >= 4 is 5.91 Å².